The number of nitrogens with zero attached hydrogens (tertiary/aromatic N) is 1. The summed E-state index contributed by atoms with van der Waals surface area (Å²) in [5.41, 5.74) is 2.22. The quantitative estimate of drug-likeness (QED) is 0.798. The number of nitrogens with one attached hydrogen (secondary N) is 1. The summed E-state index contributed by atoms with van der Waals surface area (Å²) in [4.78, 5) is 26.6. The Kier molecular flexibility index (Phi) is 7.79. The summed E-state index contributed by atoms with van der Waals surface area (Å²) in [7, 11) is 0. The predicted molar refractivity (Wildman–Crippen MR) is 94.0 cm³/mol. The van der Waals surface area contributed by atoms with E-state index in [1.807, 2.05) is 58.9 Å². The van der Waals surface area contributed by atoms with Crippen LogP contribution in [0.4, 0.5) is 0 Å². The van der Waals surface area contributed by atoms with E-state index in [1.165, 1.54) is 0 Å². The average molecular weight is 318 g/mol. The van der Waals surface area contributed by atoms with E-state index in [0.717, 1.165) is 24.0 Å². The molecular formula is C19H30N2O2. The van der Waals surface area contributed by atoms with E-state index in [9.17, 15) is 9.59 Å². The molecule has 1 rings (SSSR count). The molecule has 0 aliphatic carbocycles. The van der Waals surface area contributed by atoms with Crippen molar-refractivity contribution in [1.82, 2.24) is 10.2 Å². The maximum absolute atomic E-state index is 12.5. The molecule has 0 spiro atoms. The van der Waals surface area contributed by atoms with Crippen LogP contribution in [0.2, 0.25) is 0 Å². The normalized spacial score (nSPS) is 13.3. The standard InChI is InChI=1S/C19H30N2O2/c1-6-10-18(22)21(13-17-12-9-8-11-14(17)3)16(5)19(23)20-15(4)7-2/h8-9,11-12,15-16H,6-7,10,13H2,1-5H3,(H,20,23)/t15-,16-/m1/s1. The molecule has 0 aliphatic heterocycles. The summed E-state index contributed by atoms with van der Waals surface area (Å²) >= 11 is 0. The predicted octanol–water partition coefficient (Wildman–Crippen LogP) is 3.43. The topological polar surface area (TPSA) is 49.4 Å². The second-order valence-corrected chi connectivity index (χ2v) is 6.19. The molecule has 0 saturated carbocycles. The van der Waals surface area contributed by atoms with Gasteiger partial charge < -0.3 is 10.2 Å². The number of aryl methyl sites for hydroxylation is 1. The van der Waals surface area contributed by atoms with E-state index in [1.54, 1.807) is 4.90 Å². The molecular weight excluding hydrogens is 288 g/mol. The maximum atomic E-state index is 12.5. The second kappa shape index (κ2) is 9.33. The highest BCUT2D eigenvalue weighted by atomic mass is 16.2. The van der Waals surface area contributed by atoms with Crippen LogP contribution in [0.15, 0.2) is 24.3 Å². The number of hydrogen-bond acceptors (Lipinski definition) is 2. The van der Waals surface area contributed by atoms with Crippen molar-refractivity contribution in [2.24, 2.45) is 0 Å². The van der Waals surface area contributed by atoms with Gasteiger partial charge in [0, 0.05) is 19.0 Å². The van der Waals surface area contributed by atoms with Crippen LogP contribution in [0.3, 0.4) is 0 Å². The van der Waals surface area contributed by atoms with Crippen molar-refractivity contribution in [3.05, 3.63) is 35.4 Å². The number of carbonyl (C=O) groups is 2. The molecule has 2 amide bonds. The molecule has 23 heavy (non-hydrogen) atoms. The van der Waals surface area contributed by atoms with Crippen molar-refractivity contribution < 1.29 is 9.59 Å². The summed E-state index contributed by atoms with van der Waals surface area (Å²) in [6, 6.07) is 7.64. The molecule has 0 bridgehead atoms. The van der Waals surface area contributed by atoms with Gasteiger partial charge in [0.2, 0.25) is 11.8 Å². The Balaban J connectivity index is 2.94. The van der Waals surface area contributed by atoms with E-state index in [2.05, 4.69) is 5.32 Å². The van der Waals surface area contributed by atoms with Crippen LogP contribution >= 0.6 is 0 Å². The van der Waals surface area contributed by atoms with E-state index >= 15 is 0 Å². The van der Waals surface area contributed by atoms with Gasteiger partial charge in [0.15, 0.2) is 0 Å². The molecule has 0 radical (unpaired) electrons. The molecule has 0 fully saturated rings. The SMILES string of the molecule is CCCC(=O)N(Cc1ccccc1C)[C@H](C)C(=O)N[C@H](C)CC. The lowest BCUT2D eigenvalue weighted by atomic mass is 10.1. The number of hydrogen-bond donors (Lipinski definition) is 1. The van der Waals surface area contributed by atoms with Crippen molar-refractivity contribution >= 4 is 11.8 Å². The van der Waals surface area contributed by atoms with Crippen molar-refractivity contribution in [3.63, 3.8) is 0 Å². The molecule has 0 saturated heterocycles. The average Bonchev–Trinajstić information content (AvgIpc) is 2.53. The fraction of sp³-hybridized carbons (Fsp3) is 0.579. The number of amides is 2. The lowest BCUT2D eigenvalue weighted by molar-refractivity contribution is -0.140. The zero-order valence-electron chi connectivity index (χ0n) is 15.1. The molecule has 1 N–H and O–H groups in total. The summed E-state index contributed by atoms with van der Waals surface area (Å²) in [6.07, 6.45) is 2.12. The van der Waals surface area contributed by atoms with Gasteiger partial charge in [-0.1, -0.05) is 38.1 Å². The maximum Gasteiger partial charge on any atom is 0.242 e. The van der Waals surface area contributed by atoms with Crippen LogP contribution in [-0.4, -0.2) is 28.8 Å². The van der Waals surface area contributed by atoms with E-state index in [0.29, 0.717) is 13.0 Å². The Bertz CT molecular complexity index is 528. The first-order valence-corrected chi connectivity index (χ1v) is 8.55. The summed E-state index contributed by atoms with van der Waals surface area (Å²) < 4.78 is 0. The molecule has 0 aliphatic rings. The van der Waals surface area contributed by atoms with Gasteiger partial charge in [0.1, 0.15) is 6.04 Å². The van der Waals surface area contributed by atoms with Crippen LogP contribution in [0.5, 0.6) is 0 Å². The first kappa shape index (κ1) is 19.2. The van der Waals surface area contributed by atoms with Gasteiger partial charge in [-0.2, -0.15) is 0 Å². The van der Waals surface area contributed by atoms with E-state index in [-0.39, 0.29) is 17.9 Å². The molecule has 0 unspecified atom stereocenters. The lowest BCUT2D eigenvalue weighted by Gasteiger charge is -2.30. The molecule has 1 aromatic rings. The number of benzene rings is 1. The summed E-state index contributed by atoms with van der Waals surface area (Å²) in [6.45, 7) is 10.3. The Morgan fingerprint density at radius 3 is 2.39 bits per heavy atom. The van der Waals surface area contributed by atoms with Gasteiger partial charge in [0.05, 0.1) is 0 Å². The van der Waals surface area contributed by atoms with Crippen molar-refractivity contribution in [2.75, 3.05) is 0 Å². The van der Waals surface area contributed by atoms with Crippen LogP contribution in [0.25, 0.3) is 0 Å². The lowest BCUT2D eigenvalue weighted by Crippen LogP contribution is -2.49. The highest BCUT2D eigenvalue weighted by Gasteiger charge is 2.26. The molecule has 0 aromatic heterocycles. The Morgan fingerprint density at radius 2 is 1.83 bits per heavy atom. The molecule has 128 valence electrons. The molecule has 4 nitrogen and oxygen atoms in total. The zero-order chi connectivity index (χ0) is 17.4. The zero-order valence-corrected chi connectivity index (χ0v) is 15.1. The minimum absolute atomic E-state index is 0.0301. The highest BCUT2D eigenvalue weighted by molar-refractivity contribution is 5.87. The molecule has 1 aromatic carbocycles. The van der Waals surface area contributed by atoms with Crippen LogP contribution in [-0.2, 0) is 16.1 Å². The van der Waals surface area contributed by atoms with Crippen LogP contribution in [0, 0.1) is 6.92 Å². The van der Waals surface area contributed by atoms with Gasteiger partial charge in [-0.25, -0.2) is 0 Å². The Hall–Kier alpha value is -1.84. The first-order valence-electron chi connectivity index (χ1n) is 8.55. The minimum atomic E-state index is -0.470. The first-order chi connectivity index (χ1) is 10.9. The smallest absolute Gasteiger partial charge is 0.242 e. The summed E-state index contributed by atoms with van der Waals surface area (Å²) in [5, 5.41) is 2.97. The number of carbonyl (C=O) groups excluding carboxylic acids is 2. The molecule has 2 atom stereocenters. The third-order valence-electron chi connectivity index (χ3n) is 4.23. The van der Waals surface area contributed by atoms with Crippen LogP contribution < -0.4 is 5.32 Å². The largest absolute Gasteiger partial charge is 0.352 e. The van der Waals surface area contributed by atoms with E-state index < -0.39 is 6.04 Å². The fourth-order valence-electron chi connectivity index (χ4n) is 2.38. The fourth-order valence-corrected chi connectivity index (χ4v) is 2.38. The van der Waals surface area contributed by atoms with Gasteiger partial charge in [0.25, 0.3) is 0 Å². The Labute approximate surface area is 140 Å². The van der Waals surface area contributed by atoms with Crippen molar-refractivity contribution in [3.8, 4) is 0 Å². The van der Waals surface area contributed by atoms with Crippen molar-refractivity contribution in [2.45, 2.75) is 72.5 Å². The minimum Gasteiger partial charge on any atom is -0.352 e. The third-order valence-corrected chi connectivity index (χ3v) is 4.23. The molecule has 4 heteroatoms. The number of rotatable bonds is 8. The Morgan fingerprint density at radius 1 is 1.17 bits per heavy atom. The summed E-state index contributed by atoms with van der Waals surface area (Å²) in [5.74, 6) is -0.0556. The molecule has 0 heterocycles. The second-order valence-electron chi connectivity index (χ2n) is 6.19. The third kappa shape index (κ3) is 5.70. The van der Waals surface area contributed by atoms with Crippen molar-refractivity contribution in [1.29, 1.82) is 0 Å². The van der Waals surface area contributed by atoms with E-state index in [4.69, 9.17) is 0 Å². The highest BCUT2D eigenvalue weighted by Crippen LogP contribution is 2.15. The van der Waals surface area contributed by atoms with Gasteiger partial charge in [-0.05, 0) is 44.7 Å². The monoisotopic (exact) mass is 318 g/mol. The van der Waals surface area contributed by atoms with Gasteiger partial charge >= 0.3 is 0 Å². The van der Waals surface area contributed by atoms with Gasteiger partial charge in [-0.15, -0.1) is 0 Å². The van der Waals surface area contributed by atoms with Gasteiger partial charge in [-0.3, -0.25) is 9.59 Å². The van der Waals surface area contributed by atoms with Crippen LogP contribution in [0.1, 0.15) is 58.1 Å².